The van der Waals surface area contributed by atoms with Gasteiger partial charge in [-0.15, -0.1) is 24.8 Å². The van der Waals surface area contributed by atoms with Gasteiger partial charge in [0.1, 0.15) is 5.82 Å². The van der Waals surface area contributed by atoms with Crippen LogP contribution in [0.15, 0.2) is 36.8 Å². The van der Waals surface area contributed by atoms with E-state index in [2.05, 4.69) is 25.2 Å². The maximum Gasteiger partial charge on any atom is 0.267 e. The number of nitrogens with zero attached hydrogens (tertiary/aromatic N) is 4. The van der Waals surface area contributed by atoms with Crippen molar-refractivity contribution >= 4 is 60.2 Å². The minimum atomic E-state index is -0.618. The van der Waals surface area contributed by atoms with Gasteiger partial charge >= 0.3 is 0 Å². The van der Waals surface area contributed by atoms with Crippen molar-refractivity contribution in [3.8, 4) is 0 Å². The zero-order chi connectivity index (χ0) is 17.6. The normalized spacial score (nSPS) is 15.8. The lowest BCUT2D eigenvalue weighted by atomic mass is 10.2. The molecule has 0 aliphatic carbocycles. The van der Waals surface area contributed by atoms with E-state index in [1.54, 1.807) is 30.7 Å². The van der Waals surface area contributed by atoms with Crippen LogP contribution in [0.1, 0.15) is 12.0 Å². The van der Waals surface area contributed by atoms with Crippen LogP contribution in [-0.2, 0) is 4.79 Å². The number of aromatic nitrogens is 3. The van der Waals surface area contributed by atoms with Gasteiger partial charge in [-0.1, -0.05) is 11.6 Å². The van der Waals surface area contributed by atoms with E-state index in [1.165, 1.54) is 17.6 Å². The van der Waals surface area contributed by atoms with Gasteiger partial charge in [-0.25, -0.2) is 20.4 Å². The van der Waals surface area contributed by atoms with Crippen molar-refractivity contribution in [3.05, 3.63) is 47.4 Å². The molecule has 1 atom stereocenters. The maximum absolute atomic E-state index is 11.0. The van der Waals surface area contributed by atoms with Gasteiger partial charge in [0.2, 0.25) is 5.95 Å². The van der Waals surface area contributed by atoms with Crippen molar-refractivity contribution in [1.82, 2.24) is 20.4 Å². The van der Waals surface area contributed by atoms with Crippen LogP contribution in [0, 0.1) is 0 Å². The molecule has 1 amide bonds. The third-order valence-electron chi connectivity index (χ3n) is 3.76. The molecule has 27 heavy (non-hydrogen) atoms. The molecule has 1 aliphatic rings. The molecule has 0 bridgehead atoms. The average molecular weight is 434 g/mol. The molecule has 0 saturated carbocycles. The number of anilines is 2. The second kappa shape index (κ2) is 10.9. The first-order valence-electron chi connectivity index (χ1n) is 7.72. The SMILES string of the molecule is Cl.Cl.O=C(/C=C/c1cnc(N[C@@H]2CCN(c3ncccn3)C2)c(Cl)c1)NO. The summed E-state index contributed by atoms with van der Waals surface area (Å²) in [6, 6.07) is 3.68. The Bertz CT molecular complexity index is 778. The van der Waals surface area contributed by atoms with Gasteiger partial charge in [0.05, 0.1) is 5.02 Å². The number of carbonyl (C=O) groups is 1. The third kappa shape index (κ3) is 6.21. The highest BCUT2D eigenvalue weighted by molar-refractivity contribution is 6.33. The third-order valence-corrected chi connectivity index (χ3v) is 4.05. The highest BCUT2D eigenvalue weighted by atomic mass is 35.5. The van der Waals surface area contributed by atoms with Crippen LogP contribution in [0.25, 0.3) is 6.08 Å². The molecule has 1 saturated heterocycles. The van der Waals surface area contributed by atoms with E-state index < -0.39 is 5.91 Å². The zero-order valence-corrected chi connectivity index (χ0v) is 16.5. The Balaban J connectivity index is 0.00000182. The Morgan fingerprint density at radius 2 is 2.04 bits per heavy atom. The smallest absolute Gasteiger partial charge is 0.267 e. The summed E-state index contributed by atoms with van der Waals surface area (Å²) in [5.74, 6) is 0.687. The first kappa shape index (κ1) is 22.9. The van der Waals surface area contributed by atoms with Crippen molar-refractivity contribution in [3.63, 3.8) is 0 Å². The van der Waals surface area contributed by atoms with Crippen LogP contribution >= 0.6 is 36.4 Å². The lowest BCUT2D eigenvalue weighted by molar-refractivity contribution is -0.124. The largest absolute Gasteiger partial charge is 0.364 e. The van der Waals surface area contributed by atoms with E-state index in [4.69, 9.17) is 16.8 Å². The summed E-state index contributed by atoms with van der Waals surface area (Å²) in [6.45, 7) is 1.62. The van der Waals surface area contributed by atoms with Crippen molar-refractivity contribution in [2.75, 3.05) is 23.3 Å². The first-order valence-corrected chi connectivity index (χ1v) is 8.09. The summed E-state index contributed by atoms with van der Waals surface area (Å²) in [6.07, 6.45) is 8.68. The van der Waals surface area contributed by atoms with E-state index in [0.717, 1.165) is 19.5 Å². The number of nitrogens with one attached hydrogen (secondary N) is 2. The van der Waals surface area contributed by atoms with Crippen molar-refractivity contribution in [1.29, 1.82) is 0 Å². The van der Waals surface area contributed by atoms with Crippen LogP contribution in [0.2, 0.25) is 5.02 Å². The number of pyridine rings is 1. The van der Waals surface area contributed by atoms with Crippen molar-refractivity contribution in [2.45, 2.75) is 12.5 Å². The predicted octanol–water partition coefficient (Wildman–Crippen LogP) is 2.58. The topological polar surface area (TPSA) is 103 Å². The fourth-order valence-corrected chi connectivity index (χ4v) is 2.80. The molecule has 1 fully saturated rings. The molecule has 0 aromatic carbocycles. The molecule has 2 aromatic heterocycles. The number of hydroxylamine groups is 1. The lowest BCUT2D eigenvalue weighted by Gasteiger charge is -2.17. The number of carbonyl (C=O) groups excluding carboxylic acids is 1. The number of hydrogen-bond acceptors (Lipinski definition) is 7. The molecule has 146 valence electrons. The molecule has 0 radical (unpaired) electrons. The quantitative estimate of drug-likeness (QED) is 0.378. The van der Waals surface area contributed by atoms with Gasteiger partial charge in [0.25, 0.3) is 5.91 Å². The number of hydrogen-bond donors (Lipinski definition) is 3. The molecule has 3 rings (SSSR count). The van der Waals surface area contributed by atoms with E-state index in [9.17, 15) is 4.79 Å². The molecule has 1 aliphatic heterocycles. The van der Waals surface area contributed by atoms with Crippen LogP contribution in [0.5, 0.6) is 0 Å². The number of amides is 1. The standard InChI is InChI=1S/C16H17ClN6O2.2ClH/c17-13-8-11(2-3-14(24)22-25)9-20-15(13)21-12-4-7-23(10-12)16-18-5-1-6-19-16;;/h1-3,5-6,8-9,12,25H,4,7,10H2,(H,20,21)(H,22,24);2*1H/b3-2+;;/t12-;;/m1../s1. The van der Waals surface area contributed by atoms with Gasteiger partial charge < -0.3 is 10.2 Å². The van der Waals surface area contributed by atoms with E-state index in [1.807, 2.05) is 0 Å². The Morgan fingerprint density at radius 1 is 1.30 bits per heavy atom. The number of halogens is 3. The summed E-state index contributed by atoms with van der Waals surface area (Å²) >= 11 is 6.26. The Morgan fingerprint density at radius 3 is 2.70 bits per heavy atom. The highest BCUT2D eigenvalue weighted by Crippen LogP contribution is 2.24. The number of rotatable bonds is 5. The van der Waals surface area contributed by atoms with E-state index >= 15 is 0 Å². The average Bonchev–Trinajstić information content (AvgIpc) is 3.11. The maximum atomic E-state index is 11.0. The summed E-state index contributed by atoms with van der Waals surface area (Å²) in [4.78, 5) is 25.9. The van der Waals surface area contributed by atoms with Crippen molar-refractivity contribution < 1.29 is 10.0 Å². The summed E-state index contributed by atoms with van der Waals surface area (Å²) in [7, 11) is 0. The Labute approximate surface area is 173 Å². The van der Waals surface area contributed by atoms with Crippen LogP contribution in [-0.4, -0.2) is 45.2 Å². The Hall–Kier alpha value is -2.13. The molecule has 2 aromatic rings. The Kier molecular flexibility index (Phi) is 9.23. The summed E-state index contributed by atoms with van der Waals surface area (Å²) in [5, 5.41) is 12.2. The lowest BCUT2D eigenvalue weighted by Crippen LogP contribution is -2.27. The molecular formula is C16H19Cl3N6O2. The minimum absolute atomic E-state index is 0. The molecular weight excluding hydrogens is 415 g/mol. The molecule has 11 heteroatoms. The fraction of sp³-hybridized carbons (Fsp3) is 0.250. The van der Waals surface area contributed by atoms with Gasteiger partial charge in [-0.2, -0.15) is 0 Å². The van der Waals surface area contributed by atoms with Crippen LogP contribution < -0.4 is 15.7 Å². The molecule has 0 spiro atoms. The predicted molar refractivity (Wildman–Crippen MR) is 109 cm³/mol. The van der Waals surface area contributed by atoms with Gasteiger partial charge in [-0.3, -0.25) is 10.0 Å². The molecule has 8 nitrogen and oxygen atoms in total. The van der Waals surface area contributed by atoms with Gasteiger partial charge in [0, 0.05) is 43.8 Å². The summed E-state index contributed by atoms with van der Waals surface area (Å²) < 4.78 is 0. The molecule has 3 heterocycles. The highest BCUT2D eigenvalue weighted by Gasteiger charge is 2.24. The fourth-order valence-electron chi connectivity index (χ4n) is 2.57. The first-order chi connectivity index (χ1) is 12.2. The molecule has 0 unspecified atom stereocenters. The molecule has 3 N–H and O–H groups in total. The second-order valence-corrected chi connectivity index (χ2v) is 5.94. The minimum Gasteiger partial charge on any atom is -0.364 e. The van der Waals surface area contributed by atoms with Crippen LogP contribution in [0.3, 0.4) is 0 Å². The van der Waals surface area contributed by atoms with Crippen LogP contribution in [0.4, 0.5) is 11.8 Å². The second-order valence-electron chi connectivity index (χ2n) is 5.53. The van der Waals surface area contributed by atoms with E-state index in [-0.39, 0.29) is 30.9 Å². The monoisotopic (exact) mass is 432 g/mol. The van der Waals surface area contributed by atoms with Crippen molar-refractivity contribution in [2.24, 2.45) is 0 Å². The van der Waals surface area contributed by atoms with E-state index in [0.29, 0.717) is 22.4 Å². The zero-order valence-electron chi connectivity index (χ0n) is 14.1. The van der Waals surface area contributed by atoms with Gasteiger partial charge in [0.15, 0.2) is 0 Å². The van der Waals surface area contributed by atoms with Gasteiger partial charge in [-0.05, 0) is 30.2 Å². The summed E-state index contributed by atoms with van der Waals surface area (Å²) in [5.41, 5.74) is 2.18.